The van der Waals surface area contributed by atoms with Crippen LogP contribution in [0.3, 0.4) is 0 Å². The summed E-state index contributed by atoms with van der Waals surface area (Å²) in [6.45, 7) is 48.4. The third-order valence-corrected chi connectivity index (χ3v) is 37.8. The zero-order valence-electron chi connectivity index (χ0n) is 77.1. The fourth-order valence-corrected chi connectivity index (χ4v) is 15.7. The summed E-state index contributed by atoms with van der Waals surface area (Å²) in [4.78, 5) is 80.8. The van der Waals surface area contributed by atoms with Crippen molar-refractivity contribution in [2.45, 2.75) is 259 Å². The number of hydrogen-bond donors (Lipinski definition) is 0. The van der Waals surface area contributed by atoms with Crippen LogP contribution in [0.1, 0.15) is 195 Å². The Morgan fingerprint density at radius 2 is 0.495 bits per heavy atom. The molecule has 0 aliphatic carbocycles. The van der Waals surface area contributed by atoms with Gasteiger partial charge in [-0.3, -0.25) is 33.6 Å². The van der Waals surface area contributed by atoms with E-state index in [2.05, 4.69) is 13.1 Å². The first-order chi connectivity index (χ1) is 51.3. The topological polar surface area (TPSA) is 323 Å². The van der Waals surface area contributed by atoms with Gasteiger partial charge in [0.2, 0.25) is 8.32 Å². The maximum absolute atomic E-state index is 11.7. The Balaban J connectivity index is -0.000000228. The molecule has 0 saturated carbocycles. The third kappa shape index (κ3) is 55.5. The monoisotopic (exact) mass is 1720 g/mol. The van der Waals surface area contributed by atoms with Crippen molar-refractivity contribution in [3.05, 3.63) is 0 Å². The van der Waals surface area contributed by atoms with Crippen LogP contribution in [0.5, 0.6) is 0 Å². The second-order valence-electron chi connectivity index (χ2n) is 30.6. The Bertz CT molecular complexity index is 2380. The molecular weight excluding hydrogens is 1560 g/mol. The molecular formula is C75H164O29Si7. The summed E-state index contributed by atoms with van der Waals surface area (Å²) in [6, 6.07) is 3.16. The van der Waals surface area contributed by atoms with Gasteiger partial charge in [0.05, 0.1) is 65.8 Å². The molecule has 0 aliphatic rings. The van der Waals surface area contributed by atoms with Gasteiger partial charge in [-0.15, -0.1) is 0 Å². The van der Waals surface area contributed by atoms with Crippen molar-refractivity contribution in [2.24, 2.45) is 39.4 Å². The zero-order valence-corrected chi connectivity index (χ0v) is 84.1. The summed E-state index contributed by atoms with van der Waals surface area (Å²) in [7, 11) is 8.41. The number of carbonyl (C=O) groups excluding carboxylic acids is 7. The van der Waals surface area contributed by atoms with E-state index >= 15 is 0 Å². The molecule has 0 aromatic heterocycles. The molecule has 0 spiro atoms. The highest BCUT2D eigenvalue weighted by atomic mass is 28.4. The van der Waals surface area contributed by atoms with Crippen molar-refractivity contribution >= 4 is 102 Å². The Morgan fingerprint density at radius 1 is 0.261 bits per heavy atom. The van der Waals surface area contributed by atoms with E-state index in [1.165, 1.54) is 21.3 Å². The van der Waals surface area contributed by atoms with Gasteiger partial charge in [0, 0.05) is 119 Å². The van der Waals surface area contributed by atoms with Crippen molar-refractivity contribution in [2.75, 3.05) is 152 Å². The van der Waals surface area contributed by atoms with Crippen LogP contribution in [0.15, 0.2) is 0 Å². The van der Waals surface area contributed by atoms with Gasteiger partial charge in [0.15, 0.2) is 14.5 Å². The van der Waals surface area contributed by atoms with E-state index in [0.29, 0.717) is 64.0 Å². The normalized spacial score (nSPS) is 13.0. The molecule has 29 nitrogen and oxygen atoms in total. The molecule has 0 saturated heterocycles. The predicted octanol–water partition coefficient (Wildman–Crippen LogP) is 14.8. The minimum atomic E-state index is -2.81. The lowest BCUT2D eigenvalue weighted by Gasteiger charge is -2.26. The number of hydrogen-bond acceptors (Lipinski definition) is 29. The maximum atomic E-state index is 11.7. The van der Waals surface area contributed by atoms with Gasteiger partial charge in [-0.1, -0.05) is 69.2 Å². The molecule has 0 fully saturated rings. The van der Waals surface area contributed by atoms with E-state index in [-0.39, 0.29) is 77.4 Å². The first-order valence-electron chi connectivity index (χ1n) is 38.7. The lowest BCUT2D eigenvalue weighted by molar-refractivity contribution is -0.154. The van der Waals surface area contributed by atoms with E-state index in [1.807, 2.05) is 151 Å². The Kier molecular flexibility index (Phi) is 70.3. The standard InChI is InChI=1S/C12H26O5Si.C11H24O5Si.C11H24O4Si.C11H24O3Si.C10H22O5Si.C10H22O4Si.C10H22O3Si/c1-7-12(2,3)11(13)17-9-8-10-18(14-4,15-5)16-6;1-6-10(2)11(12)16-8-7-9-17(13-3,14-4)15-5;1-6-10(2)11(12)15-8-7-9-16(5,13-3)14-4;1-6-10(2)11(12)14-8-7-9-15(4,5)13-3;1-7-10(2,3)9(11)15-8-16(12-4,13-5)14-6;1-7-10(2,3)9(11)14-8-15(6,12-4)13-5;1-7-10(2,3)9(11)13-8-14(5,6)12-4/h7-10H2,1-6H3;10H,6-9H2,1-5H3;10H,6-9H2,1-5H3;10H,6-9H2,1-5H3;7-8H2,1-6H3;7-8H2,1-6H3;7-8H2,1-6H3. The highest BCUT2D eigenvalue weighted by Crippen LogP contribution is 2.27. The molecule has 0 aliphatic heterocycles. The highest BCUT2D eigenvalue weighted by molar-refractivity contribution is 6.71. The Morgan fingerprint density at radius 3 is 0.739 bits per heavy atom. The van der Waals surface area contributed by atoms with Gasteiger partial charge in [-0.25, -0.2) is 0 Å². The molecule has 0 amide bonds. The summed E-state index contributed by atoms with van der Waals surface area (Å²) < 4.78 is 115. The predicted molar refractivity (Wildman–Crippen MR) is 450 cm³/mol. The SMILES string of the molecule is CCC(C)(C)C(=O)OCCC[Si](OC)(OC)OC.CCC(C)(C)C(=O)OC[Si](C)(C)OC.CCC(C)(C)C(=O)OC[Si](C)(OC)OC.CCC(C)(C)C(=O)OC[Si](OC)(OC)OC.CCC(C)C(=O)OCCC[Si](C)(C)OC.CCC(C)C(=O)OCCC[Si](C)(OC)OC.CCC(C)C(=O)OCCC[Si](OC)(OC)OC. The molecule has 111 heavy (non-hydrogen) atoms. The van der Waals surface area contributed by atoms with Gasteiger partial charge in [0.25, 0.3) is 0 Å². The Labute approximate surface area is 681 Å². The lowest BCUT2D eigenvalue weighted by Crippen LogP contribution is -2.49. The molecule has 36 heteroatoms. The van der Waals surface area contributed by atoms with Crippen molar-refractivity contribution in [3.8, 4) is 0 Å². The van der Waals surface area contributed by atoms with Gasteiger partial charge < -0.3 is 99.5 Å². The maximum Gasteiger partial charge on any atom is 0.539 e. The average molecular weight is 1730 g/mol. The minimum absolute atomic E-state index is 0.00604. The van der Waals surface area contributed by atoms with Gasteiger partial charge >= 0.3 is 85.3 Å². The molecule has 3 atom stereocenters. The fraction of sp³-hybridized carbons (Fsp3) is 0.907. The average Bonchev–Trinajstić information content (AvgIpc) is 0.873. The molecule has 0 rings (SSSR count). The summed E-state index contributed by atoms with van der Waals surface area (Å²) in [5.41, 5.74) is -1.72. The summed E-state index contributed by atoms with van der Waals surface area (Å²) >= 11 is 0. The highest BCUT2D eigenvalue weighted by Gasteiger charge is 2.43. The van der Waals surface area contributed by atoms with E-state index in [0.717, 1.165) is 63.5 Å². The van der Waals surface area contributed by atoms with E-state index in [9.17, 15) is 33.6 Å². The molecule has 0 heterocycles. The largest absolute Gasteiger partial charge is 0.539 e. The van der Waals surface area contributed by atoms with Crippen LogP contribution >= 0.6 is 0 Å². The molecule has 0 N–H and O–H groups in total. The second kappa shape index (κ2) is 64.2. The van der Waals surface area contributed by atoms with Crippen LogP contribution in [0, 0.1) is 39.4 Å². The first kappa shape index (κ1) is 121. The van der Waals surface area contributed by atoms with E-state index < -0.39 is 76.4 Å². The van der Waals surface area contributed by atoms with Crippen molar-refractivity contribution in [1.82, 2.24) is 0 Å². The molecule has 0 aromatic rings. The molecule has 0 bridgehead atoms. The molecule has 0 radical (unpaired) electrons. The molecule has 666 valence electrons. The van der Waals surface area contributed by atoms with Crippen LogP contribution < -0.4 is 0 Å². The number of ether oxygens (including phenoxy) is 7. The van der Waals surface area contributed by atoms with Crippen LogP contribution in [0.4, 0.5) is 0 Å². The van der Waals surface area contributed by atoms with Crippen molar-refractivity contribution < 1.29 is 133 Å². The van der Waals surface area contributed by atoms with Crippen LogP contribution in [-0.2, 0) is 133 Å². The van der Waals surface area contributed by atoms with Crippen molar-refractivity contribution in [3.63, 3.8) is 0 Å². The zero-order chi connectivity index (χ0) is 88.4. The second-order valence-corrected chi connectivity index (χ2v) is 55.2. The fourth-order valence-electron chi connectivity index (χ4n) is 7.22. The number of rotatable bonds is 51. The van der Waals surface area contributed by atoms with E-state index in [4.69, 9.17) is 99.5 Å². The van der Waals surface area contributed by atoms with Crippen molar-refractivity contribution in [1.29, 1.82) is 0 Å². The van der Waals surface area contributed by atoms with Gasteiger partial charge in [-0.05, 0) is 177 Å². The number of carbonyl (C=O) groups is 7. The molecule has 3 unspecified atom stereocenters. The van der Waals surface area contributed by atoms with Gasteiger partial charge in [0.1, 0.15) is 12.5 Å². The lowest BCUT2D eigenvalue weighted by atomic mass is 9.91. The minimum Gasteiger partial charge on any atom is -0.466 e. The summed E-state index contributed by atoms with van der Waals surface area (Å²) in [5, 5.41) is 0. The number of esters is 7. The van der Waals surface area contributed by atoms with Crippen LogP contribution in [0.2, 0.25) is 63.5 Å². The van der Waals surface area contributed by atoms with E-state index in [1.54, 1.807) is 85.3 Å². The first-order valence-corrected chi connectivity index (χ1v) is 55.8. The van der Waals surface area contributed by atoms with Crippen LogP contribution in [-0.4, -0.2) is 254 Å². The van der Waals surface area contributed by atoms with Gasteiger partial charge in [-0.2, -0.15) is 0 Å². The third-order valence-electron chi connectivity index (χ3n) is 19.7. The molecule has 0 aromatic carbocycles. The quantitative estimate of drug-likeness (QED) is 0.0236. The Hall–Kier alpha value is -2.79. The van der Waals surface area contributed by atoms with Crippen LogP contribution in [0.25, 0.3) is 0 Å². The summed E-state index contributed by atoms with van der Waals surface area (Å²) in [6.07, 6.45) is 9.27. The summed E-state index contributed by atoms with van der Waals surface area (Å²) in [5.74, 6) is -1.10. The smallest absolute Gasteiger partial charge is 0.466 e.